The highest BCUT2D eigenvalue weighted by Gasteiger charge is 2.26. The van der Waals surface area contributed by atoms with Crippen molar-refractivity contribution in [2.45, 2.75) is 32.6 Å². The third-order valence-electron chi connectivity index (χ3n) is 4.01. The molecular formula is C16H20NO5+. The lowest BCUT2D eigenvalue weighted by atomic mass is 10.1. The molecule has 1 saturated heterocycles. The van der Waals surface area contributed by atoms with Crippen molar-refractivity contribution in [3.63, 3.8) is 0 Å². The highest BCUT2D eigenvalue weighted by atomic mass is 16.5. The number of quaternary nitrogens is 1. The molecule has 3 N–H and O–H groups in total. The lowest BCUT2D eigenvalue weighted by Gasteiger charge is -2.32. The molecule has 0 saturated carbocycles. The van der Waals surface area contributed by atoms with Crippen LogP contribution in [0.2, 0.25) is 0 Å². The van der Waals surface area contributed by atoms with Crippen LogP contribution >= 0.6 is 0 Å². The second-order valence-electron chi connectivity index (χ2n) is 5.99. The molecule has 1 aromatic heterocycles. The molecule has 2 atom stereocenters. The number of aromatic hydroxyl groups is 2. The first kappa shape index (κ1) is 14.9. The van der Waals surface area contributed by atoms with Gasteiger partial charge in [-0.3, -0.25) is 0 Å². The first-order chi connectivity index (χ1) is 10.4. The van der Waals surface area contributed by atoms with E-state index in [-0.39, 0.29) is 23.5 Å². The molecule has 0 unspecified atom stereocenters. The molecule has 22 heavy (non-hydrogen) atoms. The molecule has 0 amide bonds. The highest BCUT2D eigenvalue weighted by Crippen LogP contribution is 2.33. The molecule has 6 heteroatoms. The summed E-state index contributed by atoms with van der Waals surface area (Å²) in [5.41, 5.74) is 0.311. The van der Waals surface area contributed by atoms with Crippen molar-refractivity contribution in [2.75, 3.05) is 13.1 Å². The number of phenolic OH excluding ortho intramolecular Hbond substituents is 2. The summed E-state index contributed by atoms with van der Waals surface area (Å²) < 4.78 is 10.8. The van der Waals surface area contributed by atoms with E-state index in [1.54, 1.807) is 6.07 Å². The van der Waals surface area contributed by atoms with E-state index in [0.29, 0.717) is 11.9 Å². The van der Waals surface area contributed by atoms with Crippen LogP contribution in [0.1, 0.15) is 19.4 Å². The summed E-state index contributed by atoms with van der Waals surface area (Å²) in [6.45, 7) is 6.44. The van der Waals surface area contributed by atoms with Gasteiger partial charge in [-0.15, -0.1) is 0 Å². The van der Waals surface area contributed by atoms with Gasteiger partial charge in [0.05, 0.1) is 0 Å². The van der Waals surface area contributed by atoms with Gasteiger partial charge in [-0.25, -0.2) is 4.79 Å². The van der Waals surface area contributed by atoms with E-state index in [2.05, 4.69) is 0 Å². The van der Waals surface area contributed by atoms with Crippen LogP contribution in [-0.4, -0.2) is 35.5 Å². The lowest BCUT2D eigenvalue weighted by Crippen LogP contribution is -3.14. The average Bonchev–Trinajstić information content (AvgIpc) is 2.42. The number of phenols is 2. The van der Waals surface area contributed by atoms with Gasteiger partial charge in [0.15, 0.2) is 11.3 Å². The van der Waals surface area contributed by atoms with Crippen molar-refractivity contribution in [2.24, 2.45) is 0 Å². The summed E-state index contributed by atoms with van der Waals surface area (Å²) in [6, 6.07) is 4.52. The number of rotatable bonds is 2. The van der Waals surface area contributed by atoms with Crippen molar-refractivity contribution in [3.8, 4) is 11.5 Å². The van der Waals surface area contributed by atoms with Crippen molar-refractivity contribution >= 4 is 11.0 Å². The van der Waals surface area contributed by atoms with Gasteiger partial charge in [0.2, 0.25) is 5.75 Å². The van der Waals surface area contributed by atoms with Crippen molar-refractivity contribution in [1.29, 1.82) is 0 Å². The van der Waals surface area contributed by atoms with Crippen LogP contribution in [0, 0.1) is 0 Å². The van der Waals surface area contributed by atoms with Gasteiger partial charge in [0, 0.05) is 17.0 Å². The molecule has 0 bridgehead atoms. The van der Waals surface area contributed by atoms with Crippen LogP contribution in [-0.2, 0) is 11.3 Å². The Morgan fingerprint density at radius 2 is 1.91 bits per heavy atom. The molecule has 2 aromatic rings. The summed E-state index contributed by atoms with van der Waals surface area (Å²) >= 11 is 0. The van der Waals surface area contributed by atoms with E-state index in [4.69, 9.17) is 9.15 Å². The van der Waals surface area contributed by atoms with Crippen molar-refractivity contribution in [1.82, 2.24) is 0 Å². The maximum Gasteiger partial charge on any atom is 0.336 e. The Bertz CT molecular complexity index is 744. The van der Waals surface area contributed by atoms with E-state index in [1.165, 1.54) is 17.0 Å². The van der Waals surface area contributed by atoms with Crippen LogP contribution in [0.5, 0.6) is 11.5 Å². The molecule has 2 heterocycles. The molecule has 0 aliphatic carbocycles. The van der Waals surface area contributed by atoms with Crippen LogP contribution in [0.4, 0.5) is 0 Å². The molecule has 1 fully saturated rings. The zero-order valence-corrected chi connectivity index (χ0v) is 12.6. The maximum atomic E-state index is 11.7. The fraction of sp³-hybridized carbons (Fsp3) is 0.438. The first-order valence-corrected chi connectivity index (χ1v) is 7.40. The Morgan fingerprint density at radius 1 is 1.23 bits per heavy atom. The Labute approximate surface area is 127 Å². The summed E-state index contributed by atoms with van der Waals surface area (Å²) in [5.74, 6) is -0.691. The van der Waals surface area contributed by atoms with E-state index >= 15 is 0 Å². The number of hydrogen-bond donors (Lipinski definition) is 3. The van der Waals surface area contributed by atoms with Gasteiger partial charge >= 0.3 is 5.63 Å². The molecule has 6 nitrogen and oxygen atoms in total. The van der Waals surface area contributed by atoms with E-state index in [0.717, 1.165) is 18.7 Å². The van der Waals surface area contributed by atoms with Gasteiger partial charge in [-0.2, -0.15) is 0 Å². The minimum absolute atomic E-state index is 0.0382. The molecule has 3 rings (SSSR count). The zero-order valence-electron chi connectivity index (χ0n) is 12.6. The van der Waals surface area contributed by atoms with Gasteiger partial charge in [-0.05, 0) is 26.0 Å². The number of fused-ring (bicyclic) bond motifs is 1. The number of nitrogens with one attached hydrogen (secondary N) is 1. The van der Waals surface area contributed by atoms with E-state index in [9.17, 15) is 15.0 Å². The second-order valence-corrected chi connectivity index (χ2v) is 5.99. The smallest absolute Gasteiger partial charge is 0.336 e. The van der Waals surface area contributed by atoms with Gasteiger partial charge < -0.3 is 24.3 Å². The highest BCUT2D eigenvalue weighted by molar-refractivity contribution is 5.87. The van der Waals surface area contributed by atoms with Crippen LogP contribution < -0.4 is 10.5 Å². The third kappa shape index (κ3) is 2.80. The first-order valence-electron chi connectivity index (χ1n) is 7.40. The standard InChI is InChI=1S/C16H19NO5/c1-9-6-17(7-10(2)21-9)8-11-5-14(19)22-16-12(11)3-4-13(18)15(16)20/h3-5,9-10,18,20H,6-8H2,1-2H3/p+1/t9-,10-/m1/s1. The van der Waals surface area contributed by atoms with Gasteiger partial charge in [0.25, 0.3) is 0 Å². The minimum atomic E-state index is -0.530. The number of benzene rings is 1. The predicted octanol–water partition coefficient (Wildman–Crippen LogP) is 0.396. The molecule has 1 aromatic carbocycles. The fourth-order valence-electron chi connectivity index (χ4n) is 3.22. The van der Waals surface area contributed by atoms with Crippen LogP contribution in [0.3, 0.4) is 0 Å². The van der Waals surface area contributed by atoms with Crippen molar-refractivity contribution in [3.05, 3.63) is 34.2 Å². The number of hydrogen-bond acceptors (Lipinski definition) is 5. The molecular weight excluding hydrogens is 286 g/mol. The maximum absolute atomic E-state index is 11.7. The summed E-state index contributed by atoms with van der Waals surface area (Å²) in [5, 5.41) is 20.1. The second kappa shape index (κ2) is 5.62. The Kier molecular flexibility index (Phi) is 3.80. The molecule has 1 aliphatic heterocycles. The fourth-order valence-corrected chi connectivity index (χ4v) is 3.22. The summed E-state index contributed by atoms with van der Waals surface area (Å²) in [6.07, 6.45) is 0.338. The Hall–Kier alpha value is -2.05. The largest absolute Gasteiger partial charge is 0.504 e. The summed E-state index contributed by atoms with van der Waals surface area (Å²) in [7, 11) is 0. The quantitative estimate of drug-likeness (QED) is 0.552. The molecule has 118 valence electrons. The Balaban J connectivity index is 2.00. The molecule has 0 spiro atoms. The van der Waals surface area contributed by atoms with Gasteiger partial charge in [0.1, 0.15) is 31.8 Å². The minimum Gasteiger partial charge on any atom is -0.504 e. The number of morpholine rings is 1. The predicted molar refractivity (Wildman–Crippen MR) is 80.2 cm³/mol. The average molecular weight is 306 g/mol. The van der Waals surface area contributed by atoms with Crippen LogP contribution in [0.25, 0.3) is 11.0 Å². The lowest BCUT2D eigenvalue weighted by molar-refractivity contribution is -0.928. The SMILES string of the molecule is C[C@@H]1C[NH+](Cc2cc(=O)oc3c(O)c(O)ccc23)C[C@@H](C)O1. The van der Waals surface area contributed by atoms with Crippen LogP contribution in [0.15, 0.2) is 27.4 Å². The number of ether oxygens (including phenoxy) is 1. The van der Waals surface area contributed by atoms with E-state index < -0.39 is 11.4 Å². The molecule has 1 aliphatic rings. The molecule has 0 radical (unpaired) electrons. The monoisotopic (exact) mass is 306 g/mol. The zero-order chi connectivity index (χ0) is 15.9. The topological polar surface area (TPSA) is 84.3 Å². The summed E-state index contributed by atoms with van der Waals surface area (Å²) in [4.78, 5) is 13.1. The van der Waals surface area contributed by atoms with E-state index in [1.807, 2.05) is 13.8 Å². The van der Waals surface area contributed by atoms with Crippen molar-refractivity contribution < 1.29 is 24.3 Å². The Morgan fingerprint density at radius 3 is 2.59 bits per heavy atom. The third-order valence-corrected chi connectivity index (χ3v) is 4.01. The van der Waals surface area contributed by atoms with Gasteiger partial charge in [-0.1, -0.05) is 0 Å². The normalized spacial score (nSPS) is 25.5.